The summed E-state index contributed by atoms with van der Waals surface area (Å²) in [4.78, 5) is 0. The summed E-state index contributed by atoms with van der Waals surface area (Å²) >= 11 is 0. The molecule has 29 heavy (non-hydrogen) atoms. The van der Waals surface area contributed by atoms with Crippen LogP contribution < -0.4 is 10.6 Å². The number of nitrogens with one attached hydrogen (secondary N) is 3. The Labute approximate surface area is 169 Å². The molecular formula is C23H20N6. The van der Waals surface area contributed by atoms with Crippen LogP contribution in [0.1, 0.15) is 30.9 Å². The maximum Gasteiger partial charge on any atom is 0.156 e. The Morgan fingerprint density at radius 3 is 2.34 bits per heavy atom. The number of nitrogens with zero attached hydrogens (tertiary/aromatic N) is 3. The first-order valence-corrected chi connectivity index (χ1v) is 9.37. The van der Waals surface area contributed by atoms with Crippen molar-refractivity contribution in [3.8, 4) is 12.1 Å². The first kappa shape index (κ1) is 18.3. The predicted molar refractivity (Wildman–Crippen MR) is 112 cm³/mol. The Bertz CT molecular complexity index is 1180. The third kappa shape index (κ3) is 3.33. The monoisotopic (exact) mass is 380 g/mol. The highest BCUT2D eigenvalue weighted by Gasteiger charge is 2.29. The average Bonchev–Trinajstić information content (AvgIpc) is 3.14. The molecule has 0 amide bonds. The van der Waals surface area contributed by atoms with Crippen LogP contribution in [0.25, 0.3) is 10.9 Å². The van der Waals surface area contributed by atoms with Crippen LogP contribution in [0, 0.1) is 22.7 Å². The molecule has 0 fully saturated rings. The first-order chi connectivity index (χ1) is 14.1. The van der Waals surface area contributed by atoms with Gasteiger partial charge in [-0.2, -0.15) is 15.6 Å². The fourth-order valence-corrected chi connectivity index (χ4v) is 3.75. The number of fused-ring (bicyclic) bond motifs is 1. The number of hydrogen-bond donors (Lipinski definition) is 3. The van der Waals surface area contributed by atoms with Crippen LogP contribution in [-0.4, -0.2) is 10.2 Å². The van der Waals surface area contributed by atoms with Gasteiger partial charge in [-0.15, -0.1) is 0 Å². The Kier molecular flexibility index (Phi) is 4.76. The largest absolute Gasteiger partial charge is 0.364 e. The molecule has 0 radical (unpaired) electrons. The second-order valence-corrected chi connectivity index (χ2v) is 7.08. The van der Waals surface area contributed by atoms with Crippen molar-refractivity contribution in [3.63, 3.8) is 0 Å². The quantitative estimate of drug-likeness (QED) is 0.620. The van der Waals surface area contributed by atoms with Gasteiger partial charge in [0.2, 0.25) is 0 Å². The molecule has 0 saturated carbocycles. The zero-order valence-corrected chi connectivity index (χ0v) is 16.2. The van der Waals surface area contributed by atoms with Gasteiger partial charge in [0.05, 0.1) is 34.7 Å². The second kappa shape index (κ2) is 7.53. The van der Waals surface area contributed by atoms with E-state index in [0.29, 0.717) is 17.7 Å². The Balaban J connectivity index is 1.74. The summed E-state index contributed by atoms with van der Waals surface area (Å²) in [5, 5.41) is 34.3. The number of dihydropyridines is 1. The van der Waals surface area contributed by atoms with E-state index in [4.69, 9.17) is 0 Å². The molecule has 0 aliphatic carbocycles. The topological polar surface area (TPSA) is 100 Å². The van der Waals surface area contributed by atoms with Gasteiger partial charge in [0.25, 0.3) is 0 Å². The molecule has 0 spiro atoms. The minimum atomic E-state index is -0.382. The highest BCUT2D eigenvalue weighted by atomic mass is 15.2. The van der Waals surface area contributed by atoms with Crippen molar-refractivity contribution in [1.82, 2.24) is 15.5 Å². The van der Waals surface area contributed by atoms with E-state index < -0.39 is 0 Å². The van der Waals surface area contributed by atoms with Crippen molar-refractivity contribution < 1.29 is 0 Å². The Morgan fingerprint density at radius 1 is 1.00 bits per heavy atom. The Hall–Kier alpha value is -4.03. The van der Waals surface area contributed by atoms with Gasteiger partial charge in [-0.05, 0) is 37.1 Å². The van der Waals surface area contributed by atoms with Crippen LogP contribution in [0.2, 0.25) is 0 Å². The summed E-state index contributed by atoms with van der Waals surface area (Å²) in [5.41, 5.74) is 5.65. The molecular weight excluding hydrogens is 360 g/mol. The van der Waals surface area contributed by atoms with Crippen molar-refractivity contribution in [2.75, 3.05) is 5.32 Å². The molecule has 1 aliphatic rings. The molecule has 2 heterocycles. The fraction of sp³-hybridized carbons (Fsp3) is 0.174. The van der Waals surface area contributed by atoms with Crippen LogP contribution in [0.15, 0.2) is 71.1 Å². The van der Waals surface area contributed by atoms with Crippen molar-refractivity contribution >= 4 is 16.7 Å². The number of hydrogen-bond acceptors (Lipinski definition) is 5. The molecule has 0 unspecified atom stereocenters. The van der Waals surface area contributed by atoms with Crippen molar-refractivity contribution in [1.29, 1.82) is 10.5 Å². The molecule has 142 valence electrons. The first-order valence-electron chi connectivity index (χ1n) is 9.37. The normalized spacial score (nSPS) is 14.5. The van der Waals surface area contributed by atoms with Gasteiger partial charge in [-0.1, -0.05) is 36.4 Å². The van der Waals surface area contributed by atoms with E-state index >= 15 is 0 Å². The van der Waals surface area contributed by atoms with Crippen molar-refractivity contribution in [2.45, 2.75) is 26.3 Å². The zero-order valence-electron chi connectivity index (χ0n) is 16.2. The standard InChI is InChI=1S/C23H20N6/c1-14-19(11-24)22(20(12-25)15(2)27-14)17-8-9-21-18(10-17)23(29-28-21)26-13-16-6-4-3-5-7-16/h3-10,22,27H,13H2,1-2H3,(H2,26,28,29). The van der Waals surface area contributed by atoms with E-state index in [1.165, 1.54) is 0 Å². The summed E-state index contributed by atoms with van der Waals surface area (Å²) < 4.78 is 0. The summed E-state index contributed by atoms with van der Waals surface area (Å²) in [6.45, 7) is 4.39. The maximum absolute atomic E-state index is 9.72. The van der Waals surface area contributed by atoms with Crippen LogP contribution in [0.5, 0.6) is 0 Å². The van der Waals surface area contributed by atoms with Gasteiger partial charge >= 0.3 is 0 Å². The lowest BCUT2D eigenvalue weighted by molar-refractivity contribution is 0.815. The van der Waals surface area contributed by atoms with Crippen LogP contribution >= 0.6 is 0 Å². The van der Waals surface area contributed by atoms with E-state index in [1.807, 2.05) is 50.2 Å². The number of rotatable bonds is 4. The number of nitriles is 2. The van der Waals surface area contributed by atoms with Crippen molar-refractivity contribution in [3.05, 3.63) is 82.2 Å². The SMILES string of the molecule is CC1=C(C#N)C(c2ccc3[nH]nc(NCc4ccccc4)c3c2)C(C#N)=C(C)N1. The minimum Gasteiger partial charge on any atom is -0.364 e. The summed E-state index contributed by atoms with van der Waals surface area (Å²) in [5.74, 6) is 0.366. The van der Waals surface area contributed by atoms with Crippen molar-refractivity contribution in [2.24, 2.45) is 0 Å². The lowest BCUT2D eigenvalue weighted by Gasteiger charge is -2.26. The number of aromatic nitrogens is 2. The number of H-pyrrole nitrogens is 1. The molecule has 0 bridgehead atoms. The predicted octanol–water partition coefficient (Wildman–Crippen LogP) is 4.46. The number of anilines is 1. The van der Waals surface area contributed by atoms with Gasteiger partial charge in [0, 0.05) is 23.3 Å². The number of aromatic amines is 1. The van der Waals surface area contributed by atoms with E-state index in [-0.39, 0.29) is 5.92 Å². The van der Waals surface area contributed by atoms with Gasteiger partial charge in [-0.25, -0.2) is 0 Å². The van der Waals surface area contributed by atoms with Crippen LogP contribution in [-0.2, 0) is 6.54 Å². The summed E-state index contributed by atoms with van der Waals surface area (Å²) in [6, 6.07) is 20.6. The summed E-state index contributed by atoms with van der Waals surface area (Å²) in [7, 11) is 0. The highest BCUT2D eigenvalue weighted by molar-refractivity contribution is 5.90. The number of benzene rings is 2. The van der Waals surface area contributed by atoms with Gasteiger partial charge in [0.15, 0.2) is 5.82 Å². The average molecular weight is 380 g/mol. The molecule has 0 saturated heterocycles. The van der Waals surface area contributed by atoms with Gasteiger partial charge in [0.1, 0.15) is 0 Å². The molecule has 4 rings (SSSR count). The van der Waals surface area contributed by atoms with Gasteiger partial charge in [-0.3, -0.25) is 5.10 Å². The molecule has 3 aromatic rings. The van der Waals surface area contributed by atoms with E-state index in [2.05, 4.69) is 45.1 Å². The molecule has 1 aromatic heterocycles. The molecule has 0 atom stereocenters. The van der Waals surface area contributed by atoms with E-state index in [0.717, 1.165) is 39.2 Å². The van der Waals surface area contributed by atoms with E-state index in [1.54, 1.807) is 0 Å². The van der Waals surface area contributed by atoms with Gasteiger partial charge < -0.3 is 10.6 Å². The maximum atomic E-state index is 9.72. The molecule has 2 aromatic carbocycles. The second-order valence-electron chi connectivity index (χ2n) is 7.08. The lowest BCUT2D eigenvalue weighted by Crippen LogP contribution is -2.23. The lowest BCUT2D eigenvalue weighted by atomic mass is 9.81. The third-order valence-electron chi connectivity index (χ3n) is 5.22. The smallest absolute Gasteiger partial charge is 0.156 e. The third-order valence-corrected chi connectivity index (χ3v) is 5.22. The highest BCUT2D eigenvalue weighted by Crippen LogP contribution is 2.38. The van der Waals surface area contributed by atoms with Crippen LogP contribution in [0.3, 0.4) is 0 Å². The molecule has 1 aliphatic heterocycles. The Morgan fingerprint density at radius 2 is 1.69 bits per heavy atom. The fourth-order valence-electron chi connectivity index (χ4n) is 3.75. The zero-order chi connectivity index (χ0) is 20.4. The minimum absolute atomic E-state index is 0.382. The van der Waals surface area contributed by atoms with E-state index in [9.17, 15) is 10.5 Å². The molecule has 3 N–H and O–H groups in total. The molecule has 6 heteroatoms. The molecule has 6 nitrogen and oxygen atoms in total. The summed E-state index contributed by atoms with van der Waals surface area (Å²) in [6.07, 6.45) is 0. The number of allylic oxidation sites excluding steroid dienone is 4. The van der Waals surface area contributed by atoms with Crippen LogP contribution in [0.4, 0.5) is 5.82 Å².